The van der Waals surface area contributed by atoms with Gasteiger partial charge in [0.1, 0.15) is 17.6 Å². The number of hydrogen-bond acceptors (Lipinski definition) is 3. The lowest BCUT2D eigenvalue weighted by Gasteiger charge is -1.97. The first-order chi connectivity index (χ1) is 7.20. The Hall–Kier alpha value is -2.08. The predicted octanol–water partition coefficient (Wildman–Crippen LogP) is 2.83. The van der Waals surface area contributed by atoms with Crippen molar-refractivity contribution in [2.24, 2.45) is 0 Å². The maximum atomic E-state index is 8.65. The molecule has 0 aliphatic carbocycles. The minimum absolute atomic E-state index is 0.566. The number of furan rings is 1. The van der Waals surface area contributed by atoms with E-state index in [2.05, 4.69) is 4.98 Å². The van der Waals surface area contributed by atoms with Crippen LogP contribution >= 0.6 is 0 Å². The zero-order valence-corrected chi connectivity index (χ0v) is 8.61. The first-order valence-electron chi connectivity index (χ1n) is 4.64. The Labute approximate surface area is 88.0 Å². The number of pyridine rings is 1. The maximum Gasteiger partial charge on any atom is 0.110 e. The molecule has 0 unspecified atom stereocenters. The lowest BCUT2D eigenvalue weighted by atomic mass is 10.1. The molecule has 0 aliphatic rings. The Bertz CT molecular complexity index is 518. The van der Waals surface area contributed by atoms with E-state index in [1.165, 1.54) is 0 Å². The Morgan fingerprint density at radius 3 is 2.60 bits per heavy atom. The van der Waals surface area contributed by atoms with Gasteiger partial charge in [-0.2, -0.15) is 5.26 Å². The molecule has 74 valence electrons. The van der Waals surface area contributed by atoms with Crippen LogP contribution in [0.1, 0.15) is 17.1 Å². The van der Waals surface area contributed by atoms with E-state index in [-0.39, 0.29) is 0 Å². The molecule has 0 atom stereocenters. The minimum Gasteiger partial charge on any atom is -0.466 e. The predicted molar refractivity (Wildman–Crippen MR) is 56.1 cm³/mol. The van der Waals surface area contributed by atoms with Gasteiger partial charge in [0.25, 0.3) is 0 Å². The molecule has 3 nitrogen and oxygen atoms in total. The molecule has 2 heterocycles. The number of aromatic nitrogens is 1. The first kappa shape index (κ1) is 9.47. The van der Waals surface area contributed by atoms with E-state index in [1.54, 1.807) is 12.3 Å². The van der Waals surface area contributed by atoms with Crippen LogP contribution in [0.5, 0.6) is 0 Å². The highest BCUT2D eigenvalue weighted by Gasteiger charge is 2.07. The summed E-state index contributed by atoms with van der Waals surface area (Å²) in [5.74, 6) is 1.72. The highest BCUT2D eigenvalue weighted by Crippen LogP contribution is 2.24. The molecule has 0 bridgehead atoms. The van der Waals surface area contributed by atoms with Crippen molar-refractivity contribution in [1.29, 1.82) is 5.26 Å². The molecule has 3 heteroatoms. The molecule has 0 fully saturated rings. The first-order valence-corrected chi connectivity index (χ1v) is 4.64. The molecule has 0 radical (unpaired) electrons. The van der Waals surface area contributed by atoms with Gasteiger partial charge >= 0.3 is 0 Å². The highest BCUT2D eigenvalue weighted by molar-refractivity contribution is 5.62. The second-order valence-corrected chi connectivity index (χ2v) is 3.37. The summed E-state index contributed by atoms with van der Waals surface area (Å²) in [6.45, 7) is 3.81. The Balaban J connectivity index is 2.46. The van der Waals surface area contributed by atoms with E-state index in [0.29, 0.717) is 5.56 Å². The van der Waals surface area contributed by atoms with Crippen LogP contribution in [-0.4, -0.2) is 4.98 Å². The van der Waals surface area contributed by atoms with E-state index >= 15 is 0 Å². The molecule has 0 spiro atoms. The fraction of sp³-hybridized carbons (Fsp3) is 0.167. The van der Waals surface area contributed by atoms with E-state index in [9.17, 15) is 0 Å². The van der Waals surface area contributed by atoms with Gasteiger partial charge < -0.3 is 4.42 Å². The quantitative estimate of drug-likeness (QED) is 0.707. The Kier molecular flexibility index (Phi) is 2.26. The zero-order valence-electron chi connectivity index (χ0n) is 8.61. The number of hydrogen-bond donors (Lipinski definition) is 0. The van der Waals surface area contributed by atoms with Crippen LogP contribution in [0.3, 0.4) is 0 Å². The molecule has 2 aromatic rings. The summed E-state index contributed by atoms with van der Waals surface area (Å²) in [5.41, 5.74) is 2.39. The van der Waals surface area contributed by atoms with Crippen molar-refractivity contribution >= 4 is 0 Å². The fourth-order valence-corrected chi connectivity index (χ4v) is 1.50. The van der Waals surface area contributed by atoms with Crippen LogP contribution in [0.25, 0.3) is 11.3 Å². The maximum absolute atomic E-state index is 8.65. The van der Waals surface area contributed by atoms with Crippen LogP contribution in [0, 0.1) is 25.2 Å². The monoisotopic (exact) mass is 198 g/mol. The summed E-state index contributed by atoms with van der Waals surface area (Å²) in [5, 5.41) is 8.65. The molecule has 0 amide bonds. The van der Waals surface area contributed by atoms with Crippen molar-refractivity contribution in [3.05, 3.63) is 41.5 Å². The fourth-order valence-electron chi connectivity index (χ4n) is 1.50. The van der Waals surface area contributed by atoms with Gasteiger partial charge in [0.05, 0.1) is 11.3 Å². The lowest BCUT2D eigenvalue weighted by Crippen LogP contribution is -1.84. The molecule has 0 saturated carbocycles. The van der Waals surface area contributed by atoms with Gasteiger partial charge in [0, 0.05) is 11.8 Å². The van der Waals surface area contributed by atoms with Gasteiger partial charge in [-0.1, -0.05) is 0 Å². The smallest absolute Gasteiger partial charge is 0.110 e. The van der Waals surface area contributed by atoms with Crippen LogP contribution in [0.2, 0.25) is 0 Å². The third-order valence-electron chi connectivity index (χ3n) is 2.21. The average Bonchev–Trinajstić information content (AvgIpc) is 2.58. The number of nitrogens with zero attached hydrogens (tertiary/aromatic N) is 2. The van der Waals surface area contributed by atoms with Crippen LogP contribution in [0.15, 0.2) is 28.8 Å². The summed E-state index contributed by atoms with van der Waals surface area (Å²) in [6.07, 6.45) is 1.57. The Morgan fingerprint density at radius 1 is 1.33 bits per heavy atom. The van der Waals surface area contributed by atoms with Crippen molar-refractivity contribution in [3.8, 4) is 17.3 Å². The van der Waals surface area contributed by atoms with Crippen molar-refractivity contribution in [1.82, 2.24) is 4.98 Å². The molecule has 2 rings (SSSR count). The van der Waals surface area contributed by atoms with Gasteiger partial charge in [-0.05, 0) is 32.0 Å². The molecule has 0 saturated heterocycles. The molecule has 0 N–H and O–H groups in total. The SMILES string of the molecule is Cc1cc(-c2ccc(C#N)cn2)c(C)o1. The second kappa shape index (κ2) is 3.58. The molecule has 0 aliphatic heterocycles. The van der Waals surface area contributed by atoms with Gasteiger partial charge in [0.15, 0.2) is 0 Å². The molecule has 0 aromatic carbocycles. The van der Waals surface area contributed by atoms with Crippen LogP contribution < -0.4 is 0 Å². The summed E-state index contributed by atoms with van der Waals surface area (Å²) in [4.78, 5) is 4.21. The highest BCUT2D eigenvalue weighted by atomic mass is 16.3. The summed E-state index contributed by atoms with van der Waals surface area (Å²) in [7, 11) is 0. The third-order valence-corrected chi connectivity index (χ3v) is 2.21. The standard InChI is InChI=1S/C12H10N2O/c1-8-5-11(9(2)15-8)12-4-3-10(6-13)7-14-12/h3-5,7H,1-2H3. The van der Waals surface area contributed by atoms with Gasteiger partial charge in [-0.15, -0.1) is 0 Å². The topological polar surface area (TPSA) is 49.8 Å². The molecule has 2 aromatic heterocycles. The van der Waals surface area contributed by atoms with E-state index in [0.717, 1.165) is 22.8 Å². The van der Waals surface area contributed by atoms with Gasteiger partial charge in [-0.25, -0.2) is 0 Å². The van der Waals surface area contributed by atoms with Crippen molar-refractivity contribution in [2.45, 2.75) is 13.8 Å². The molecular formula is C12H10N2O. The average molecular weight is 198 g/mol. The summed E-state index contributed by atoms with van der Waals surface area (Å²) < 4.78 is 5.42. The summed E-state index contributed by atoms with van der Waals surface area (Å²) in [6, 6.07) is 7.57. The summed E-state index contributed by atoms with van der Waals surface area (Å²) >= 11 is 0. The van der Waals surface area contributed by atoms with E-state index in [1.807, 2.05) is 32.0 Å². The zero-order chi connectivity index (χ0) is 10.8. The van der Waals surface area contributed by atoms with E-state index < -0.39 is 0 Å². The number of nitriles is 1. The van der Waals surface area contributed by atoms with Gasteiger partial charge in [0.2, 0.25) is 0 Å². The van der Waals surface area contributed by atoms with Gasteiger partial charge in [-0.3, -0.25) is 4.98 Å². The van der Waals surface area contributed by atoms with Crippen LogP contribution in [-0.2, 0) is 0 Å². The van der Waals surface area contributed by atoms with Crippen molar-refractivity contribution in [3.63, 3.8) is 0 Å². The number of rotatable bonds is 1. The Morgan fingerprint density at radius 2 is 2.13 bits per heavy atom. The third kappa shape index (κ3) is 1.75. The minimum atomic E-state index is 0.566. The largest absolute Gasteiger partial charge is 0.466 e. The van der Waals surface area contributed by atoms with Crippen LogP contribution in [0.4, 0.5) is 0 Å². The van der Waals surface area contributed by atoms with Crippen molar-refractivity contribution in [2.75, 3.05) is 0 Å². The lowest BCUT2D eigenvalue weighted by molar-refractivity contribution is 0.505. The molecule has 15 heavy (non-hydrogen) atoms. The van der Waals surface area contributed by atoms with E-state index in [4.69, 9.17) is 9.68 Å². The number of aryl methyl sites for hydroxylation is 2. The normalized spacial score (nSPS) is 9.93. The van der Waals surface area contributed by atoms with Crippen molar-refractivity contribution < 1.29 is 4.42 Å². The molecular weight excluding hydrogens is 188 g/mol. The second-order valence-electron chi connectivity index (χ2n) is 3.37.